The van der Waals surface area contributed by atoms with Crippen molar-refractivity contribution in [1.29, 1.82) is 5.26 Å². The first-order chi connectivity index (χ1) is 5.75. The molecule has 3 heteroatoms. The Morgan fingerprint density at radius 3 is 2.83 bits per heavy atom. The molecule has 0 aliphatic heterocycles. The molecule has 0 aliphatic rings. The van der Waals surface area contributed by atoms with Gasteiger partial charge in [0.25, 0.3) is 0 Å². The first kappa shape index (κ1) is 9.08. The Balaban J connectivity index is 2.90. The summed E-state index contributed by atoms with van der Waals surface area (Å²) in [7, 11) is 0. The molecule has 0 aromatic heterocycles. The number of benzene rings is 1. The summed E-state index contributed by atoms with van der Waals surface area (Å²) in [5.41, 5.74) is 0.530. The molecule has 0 aliphatic carbocycles. The fourth-order valence-electron chi connectivity index (χ4n) is 0.976. The van der Waals surface area contributed by atoms with Gasteiger partial charge < -0.3 is 0 Å². The third-order valence-electron chi connectivity index (χ3n) is 1.58. The molecule has 0 saturated heterocycles. The largest absolute Gasteiger partial charge is 0.207 e. The van der Waals surface area contributed by atoms with Crippen LogP contribution >= 0.6 is 12.6 Å². The molecule has 0 unspecified atom stereocenters. The molecule has 12 heavy (non-hydrogen) atoms. The van der Waals surface area contributed by atoms with Crippen LogP contribution in [0, 0.1) is 17.1 Å². The Morgan fingerprint density at radius 1 is 1.50 bits per heavy atom. The highest BCUT2D eigenvalue weighted by Crippen LogP contribution is 2.18. The Hall–Kier alpha value is -1.01. The topological polar surface area (TPSA) is 23.8 Å². The van der Waals surface area contributed by atoms with Gasteiger partial charge in [-0.3, -0.25) is 0 Å². The number of rotatable bonds is 2. The van der Waals surface area contributed by atoms with E-state index in [0.717, 1.165) is 0 Å². The molecule has 0 amide bonds. The van der Waals surface area contributed by atoms with E-state index in [-0.39, 0.29) is 5.82 Å². The van der Waals surface area contributed by atoms with Crippen LogP contribution in [-0.2, 0) is 6.42 Å². The van der Waals surface area contributed by atoms with E-state index in [4.69, 9.17) is 5.26 Å². The molecule has 0 saturated carbocycles. The lowest BCUT2D eigenvalue weighted by Gasteiger charge is -2.02. The third kappa shape index (κ3) is 1.99. The molecule has 1 aromatic carbocycles. The minimum Gasteiger partial charge on any atom is -0.207 e. The van der Waals surface area contributed by atoms with Crippen LogP contribution in [0.25, 0.3) is 0 Å². The van der Waals surface area contributed by atoms with E-state index in [1.165, 1.54) is 6.07 Å². The van der Waals surface area contributed by atoms with E-state index >= 15 is 0 Å². The maximum atomic E-state index is 13.0. The molecule has 62 valence electrons. The lowest BCUT2D eigenvalue weighted by atomic mass is 10.1. The minimum absolute atomic E-state index is 0.280. The highest BCUT2D eigenvalue weighted by Gasteiger charge is 2.04. The molecule has 0 bridgehead atoms. The number of halogens is 1. The van der Waals surface area contributed by atoms with Crippen molar-refractivity contribution < 1.29 is 4.39 Å². The average molecular weight is 181 g/mol. The Morgan fingerprint density at radius 2 is 2.25 bits per heavy atom. The summed E-state index contributed by atoms with van der Waals surface area (Å²) in [4.78, 5) is 0.616. The third-order valence-corrected chi connectivity index (χ3v) is 2.00. The number of hydrogen-bond donors (Lipinski definition) is 1. The molecule has 0 N–H and O–H groups in total. The predicted octanol–water partition coefficient (Wildman–Crippen LogP) is 2.57. The zero-order valence-corrected chi connectivity index (χ0v) is 7.31. The first-order valence-corrected chi connectivity index (χ1v) is 4.03. The van der Waals surface area contributed by atoms with E-state index in [1.807, 2.05) is 6.07 Å². The quantitative estimate of drug-likeness (QED) is 0.696. The van der Waals surface area contributed by atoms with Gasteiger partial charge in [0.15, 0.2) is 0 Å². The summed E-state index contributed by atoms with van der Waals surface area (Å²) in [6.45, 7) is 0. The number of hydrogen-bond acceptors (Lipinski definition) is 2. The molecule has 1 nitrogen and oxygen atoms in total. The standard InChI is InChI=1S/C9H8FNS/c10-8-4-1-5-9(12)7(8)3-2-6-11/h1,4-5,12H,2-3H2. The van der Waals surface area contributed by atoms with Gasteiger partial charge in [-0.1, -0.05) is 6.07 Å². The Labute approximate surface area is 76.2 Å². The summed E-state index contributed by atoms with van der Waals surface area (Å²) < 4.78 is 13.0. The van der Waals surface area contributed by atoms with Crippen molar-refractivity contribution in [2.75, 3.05) is 0 Å². The van der Waals surface area contributed by atoms with E-state index in [2.05, 4.69) is 12.6 Å². The molecule has 0 radical (unpaired) electrons. The summed E-state index contributed by atoms with van der Waals surface area (Å²) >= 11 is 4.09. The van der Waals surface area contributed by atoms with Gasteiger partial charge in [-0.15, -0.1) is 12.6 Å². The molecular formula is C9H8FNS. The van der Waals surface area contributed by atoms with Gasteiger partial charge in [0.05, 0.1) is 6.07 Å². The van der Waals surface area contributed by atoms with Crippen molar-refractivity contribution in [3.63, 3.8) is 0 Å². The Kier molecular flexibility index (Phi) is 3.12. The van der Waals surface area contributed by atoms with Crippen molar-refractivity contribution in [1.82, 2.24) is 0 Å². The van der Waals surface area contributed by atoms with E-state index in [9.17, 15) is 4.39 Å². The number of thiol groups is 1. The van der Waals surface area contributed by atoms with Crippen molar-refractivity contribution in [3.8, 4) is 6.07 Å². The van der Waals surface area contributed by atoms with Crippen molar-refractivity contribution >= 4 is 12.6 Å². The van der Waals surface area contributed by atoms with Crippen LogP contribution < -0.4 is 0 Å². The maximum absolute atomic E-state index is 13.0. The van der Waals surface area contributed by atoms with E-state index < -0.39 is 0 Å². The molecule has 1 rings (SSSR count). The SMILES string of the molecule is N#CCCc1c(F)cccc1S. The summed E-state index contributed by atoms with van der Waals surface area (Å²) in [6.07, 6.45) is 0.760. The minimum atomic E-state index is -0.280. The molecular weight excluding hydrogens is 173 g/mol. The van der Waals surface area contributed by atoms with Crippen LogP contribution in [0.3, 0.4) is 0 Å². The molecule has 0 atom stereocenters. The first-order valence-electron chi connectivity index (χ1n) is 3.59. The second kappa shape index (κ2) is 4.13. The zero-order chi connectivity index (χ0) is 8.97. The smallest absolute Gasteiger partial charge is 0.127 e. The summed E-state index contributed by atoms with van der Waals surface area (Å²) in [6, 6.07) is 6.68. The lowest BCUT2D eigenvalue weighted by molar-refractivity contribution is 0.604. The van der Waals surface area contributed by atoms with Crippen LogP contribution in [-0.4, -0.2) is 0 Å². The van der Waals surface area contributed by atoms with Gasteiger partial charge in [-0.25, -0.2) is 4.39 Å². The molecule has 0 fully saturated rings. The number of nitrogens with zero attached hydrogens (tertiary/aromatic N) is 1. The van der Waals surface area contributed by atoms with Gasteiger partial charge >= 0.3 is 0 Å². The van der Waals surface area contributed by atoms with Crippen molar-refractivity contribution in [3.05, 3.63) is 29.6 Å². The molecule has 0 spiro atoms. The Bertz CT molecular complexity index is 297. The van der Waals surface area contributed by atoms with E-state index in [0.29, 0.717) is 23.3 Å². The monoisotopic (exact) mass is 181 g/mol. The van der Waals surface area contributed by atoms with Crippen LogP contribution in [0.5, 0.6) is 0 Å². The van der Waals surface area contributed by atoms with Crippen molar-refractivity contribution in [2.24, 2.45) is 0 Å². The average Bonchev–Trinajstić information content (AvgIpc) is 2.04. The fraction of sp³-hybridized carbons (Fsp3) is 0.222. The van der Waals surface area contributed by atoms with Crippen LogP contribution in [0.2, 0.25) is 0 Å². The van der Waals surface area contributed by atoms with Crippen LogP contribution in [0.15, 0.2) is 23.1 Å². The predicted molar refractivity (Wildman–Crippen MR) is 47.6 cm³/mol. The second-order valence-corrected chi connectivity index (χ2v) is 2.88. The van der Waals surface area contributed by atoms with Gasteiger partial charge in [-0.2, -0.15) is 5.26 Å². The van der Waals surface area contributed by atoms with E-state index in [1.54, 1.807) is 12.1 Å². The highest BCUT2D eigenvalue weighted by molar-refractivity contribution is 7.80. The van der Waals surface area contributed by atoms with Crippen LogP contribution in [0.4, 0.5) is 4.39 Å². The number of nitriles is 1. The van der Waals surface area contributed by atoms with Crippen LogP contribution in [0.1, 0.15) is 12.0 Å². The second-order valence-electron chi connectivity index (χ2n) is 2.40. The van der Waals surface area contributed by atoms with Gasteiger partial charge in [-0.05, 0) is 18.6 Å². The normalized spacial score (nSPS) is 9.42. The lowest BCUT2D eigenvalue weighted by Crippen LogP contribution is -1.91. The summed E-state index contributed by atoms with van der Waals surface area (Å²) in [5, 5.41) is 8.31. The molecule has 0 heterocycles. The van der Waals surface area contributed by atoms with Gasteiger partial charge in [0.1, 0.15) is 5.82 Å². The highest BCUT2D eigenvalue weighted by atomic mass is 32.1. The maximum Gasteiger partial charge on any atom is 0.127 e. The van der Waals surface area contributed by atoms with Gasteiger partial charge in [0, 0.05) is 16.9 Å². The molecule has 1 aromatic rings. The van der Waals surface area contributed by atoms with Crippen molar-refractivity contribution in [2.45, 2.75) is 17.7 Å². The zero-order valence-electron chi connectivity index (χ0n) is 6.42. The fourth-order valence-corrected chi connectivity index (χ4v) is 1.28. The summed E-state index contributed by atoms with van der Waals surface area (Å²) in [5.74, 6) is -0.280. The van der Waals surface area contributed by atoms with Gasteiger partial charge in [0.2, 0.25) is 0 Å².